The lowest BCUT2D eigenvalue weighted by Gasteiger charge is -2.29. The van der Waals surface area contributed by atoms with Gasteiger partial charge in [0.15, 0.2) is 17.3 Å². The molecule has 2 fully saturated rings. The number of hydrogen-bond donors (Lipinski definition) is 3. The fraction of sp³-hybridized carbons (Fsp3) is 0.524. The molecule has 1 aromatic carbocycles. The molecule has 148 valence electrons. The average Bonchev–Trinajstić information content (AvgIpc) is 2.73. The van der Waals surface area contributed by atoms with Crippen molar-refractivity contribution in [1.82, 2.24) is 14.9 Å². The van der Waals surface area contributed by atoms with E-state index in [1.54, 1.807) is 4.57 Å². The fourth-order valence-corrected chi connectivity index (χ4v) is 4.65. The van der Waals surface area contributed by atoms with Crippen molar-refractivity contribution in [1.29, 1.82) is 0 Å². The number of benzene rings is 1. The molecule has 4 N–H and O–H groups in total. The first kappa shape index (κ1) is 17.7. The number of anilines is 2. The molecule has 0 bridgehead atoms. The topological polar surface area (TPSA) is 94.2 Å². The predicted octanol–water partition coefficient (Wildman–Crippen LogP) is 3.00. The molecule has 3 heterocycles. The van der Waals surface area contributed by atoms with Gasteiger partial charge in [-0.25, -0.2) is 4.79 Å². The molecule has 7 heteroatoms. The van der Waals surface area contributed by atoms with E-state index < -0.39 is 0 Å². The highest BCUT2D eigenvalue weighted by molar-refractivity contribution is 5.73. The summed E-state index contributed by atoms with van der Waals surface area (Å²) in [5.74, 6) is 2.46. The molecular weight excluding hydrogens is 354 g/mol. The summed E-state index contributed by atoms with van der Waals surface area (Å²) in [6.45, 7) is 2.11. The van der Waals surface area contributed by atoms with Gasteiger partial charge in [0, 0.05) is 12.1 Å². The third kappa shape index (κ3) is 3.29. The molecule has 1 saturated carbocycles. The second-order valence-corrected chi connectivity index (χ2v) is 8.22. The third-order valence-corrected chi connectivity index (χ3v) is 6.34. The highest BCUT2D eigenvalue weighted by Gasteiger charge is 2.26. The summed E-state index contributed by atoms with van der Waals surface area (Å²) in [6.07, 6.45) is 7.79. The molecule has 1 saturated heterocycles. The van der Waals surface area contributed by atoms with Crippen molar-refractivity contribution in [3.05, 3.63) is 40.4 Å². The summed E-state index contributed by atoms with van der Waals surface area (Å²) in [5, 5.41) is 6.72. The Morgan fingerprint density at radius 1 is 1.07 bits per heavy atom. The molecule has 3 aliphatic rings. The van der Waals surface area contributed by atoms with E-state index in [4.69, 9.17) is 10.5 Å². The van der Waals surface area contributed by atoms with Gasteiger partial charge in [-0.05, 0) is 75.2 Å². The number of nitrogens with two attached hydrogens (primary N) is 1. The molecule has 2 aromatic rings. The number of hydrogen-bond acceptors (Lipinski definition) is 6. The Hall–Kier alpha value is -2.38. The van der Waals surface area contributed by atoms with Gasteiger partial charge >= 0.3 is 5.69 Å². The SMILES string of the molecule is N[C@H]1CC[C@H](n2cc3c(nc2=O)Nc2cc(C4CCNCC4)ccc2O3)CC1. The molecule has 7 nitrogen and oxygen atoms in total. The fourth-order valence-electron chi connectivity index (χ4n) is 4.65. The summed E-state index contributed by atoms with van der Waals surface area (Å²) in [4.78, 5) is 16.9. The largest absolute Gasteiger partial charge is 0.450 e. The number of fused-ring (bicyclic) bond motifs is 2. The summed E-state index contributed by atoms with van der Waals surface area (Å²) < 4.78 is 7.83. The minimum Gasteiger partial charge on any atom is -0.450 e. The lowest BCUT2D eigenvalue weighted by Crippen LogP contribution is -2.33. The monoisotopic (exact) mass is 381 g/mol. The summed E-state index contributed by atoms with van der Waals surface area (Å²) >= 11 is 0. The number of aromatic nitrogens is 2. The van der Waals surface area contributed by atoms with Crippen LogP contribution in [0.1, 0.15) is 56.0 Å². The normalized spacial score (nSPS) is 24.6. The molecule has 0 spiro atoms. The number of nitrogens with one attached hydrogen (secondary N) is 2. The van der Waals surface area contributed by atoms with E-state index in [2.05, 4.69) is 27.8 Å². The zero-order valence-electron chi connectivity index (χ0n) is 16.0. The molecule has 0 amide bonds. The van der Waals surface area contributed by atoms with Crippen LogP contribution in [0.4, 0.5) is 11.5 Å². The van der Waals surface area contributed by atoms with Crippen molar-refractivity contribution in [2.45, 2.75) is 56.5 Å². The first-order valence-electron chi connectivity index (χ1n) is 10.4. The molecule has 0 atom stereocenters. The quantitative estimate of drug-likeness (QED) is 0.632. The highest BCUT2D eigenvalue weighted by Crippen LogP contribution is 2.42. The summed E-state index contributed by atoms with van der Waals surface area (Å²) in [6, 6.07) is 6.73. The molecule has 28 heavy (non-hydrogen) atoms. The number of rotatable bonds is 2. The van der Waals surface area contributed by atoms with E-state index in [0.29, 0.717) is 17.5 Å². The van der Waals surface area contributed by atoms with E-state index in [1.165, 1.54) is 5.56 Å². The van der Waals surface area contributed by atoms with E-state index in [9.17, 15) is 4.79 Å². The zero-order chi connectivity index (χ0) is 19.1. The van der Waals surface area contributed by atoms with Crippen molar-refractivity contribution in [3.8, 4) is 11.5 Å². The minimum absolute atomic E-state index is 0.150. The zero-order valence-corrected chi connectivity index (χ0v) is 16.0. The summed E-state index contributed by atoms with van der Waals surface area (Å²) in [7, 11) is 0. The van der Waals surface area contributed by atoms with Crippen molar-refractivity contribution >= 4 is 11.5 Å². The van der Waals surface area contributed by atoms with Gasteiger partial charge in [0.2, 0.25) is 0 Å². The smallest absolute Gasteiger partial charge is 0.350 e. The molecular formula is C21H27N5O2. The second-order valence-electron chi connectivity index (χ2n) is 8.22. The molecule has 2 aliphatic heterocycles. The van der Waals surface area contributed by atoms with E-state index in [0.717, 1.165) is 63.1 Å². The Morgan fingerprint density at radius 2 is 1.86 bits per heavy atom. The maximum atomic E-state index is 12.6. The van der Waals surface area contributed by atoms with Crippen LogP contribution < -0.4 is 26.8 Å². The van der Waals surface area contributed by atoms with Crippen LogP contribution in [0.2, 0.25) is 0 Å². The second kappa shape index (κ2) is 7.22. The lowest BCUT2D eigenvalue weighted by atomic mass is 9.90. The van der Waals surface area contributed by atoms with Gasteiger partial charge in [0.25, 0.3) is 0 Å². The third-order valence-electron chi connectivity index (χ3n) is 6.34. The Balaban J connectivity index is 1.41. The summed E-state index contributed by atoms with van der Waals surface area (Å²) in [5.41, 5.74) is 7.97. The molecule has 5 rings (SSSR count). The van der Waals surface area contributed by atoms with E-state index in [-0.39, 0.29) is 17.8 Å². The molecule has 0 radical (unpaired) electrons. The van der Waals surface area contributed by atoms with Gasteiger partial charge in [-0.1, -0.05) is 6.07 Å². The van der Waals surface area contributed by atoms with Crippen molar-refractivity contribution in [2.75, 3.05) is 18.4 Å². The van der Waals surface area contributed by atoms with Crippen molar-refractivity contribution < 1.29 is 4.74 Å². The van der Waals surface area contributed by atoms with Crippen molar-refractivity contribution in [2.24, 2.45) is 5.73 Å². The Morgan fingerprint density at radius 3 is 2.64 bits per heavy atom. The van der Waals surface area contributed by atoms with Gasteiger partial charge in [0.1, 0.15) is 0 Å². The number of piperidine rings is 1. The van der Waals surface area contributed by atoms with Crippen LogP contribution in [0.3, 0.4) is 0 Å². The van der Waals surface area contributed by atoms with Crippen LogP contribution in [0.5, 0.6) is 11.5 Å². The Bertz CT molecular complexity index is 927. The van der Waals surface area contributed by atoms with Gasteiger partial charge in [-0.15, -0.1) is 0 Å². The Kier molecular flexibility index (Phi) is 4.56. The van der Waals surface area contributed by atoms with Crippen LogP contribution >= 0.6 is 0 Å². The average molecular weight is 381 g/mol. The number of nitrogens with zero attached hydrogens (tertiary/aromatic N) is 2. The van der Waals surface area contributed by atoms with Gasteiger partial charge in [0.05, 0.1) is 11.9 Å². The van der Waals surface area contributed by atoms with Crippen LogP contribution in [0.25, 0.3) is 0 Å². The van der Waals surface area contributed by atoms with Gasteiger partial charge in [-0.2, -0.15) is 4.98 Å². The van der Waals surface area contributed by atoms with Crippen LogP contribution in [-0.2, 0) is 0 Å². The molecule has 1 aliphatic carbocycles. The first-order valence-corrected chi connectivity index (χ1v) is 10.4. The minimum atomic E-state index is -0.228. The molecule has 0 unspecified atom stereocenters. The Labute approximate surface area is 164 Å². The molecule has 1 aromatic heterocycles. The van der Waals surface area contributed by atoms with Crippen LogP contribution in [-0.4, -0.2) is 28.7 Å². The van der Waals surface area contributed by atoms with E-state index in [1.807, 2.05) is 12.3 Å². The maximum Gasteiger partial charge on any atom is 0.350 e. The standard InChI is InChI=1S/C21H27N5O2/c22-15-2-4-16(5-3-15)26-12-19-20(25-21(26)27)24-17-11-14(1-6-18(17)28-19)13-7-9-23-10-8-13/h1,6,11-13,15-16,23H,2-5,7-10,22H2,(H,24,25,27)/t15-,16-. The van der Waals surface area contributed by atoms with Crippen LogP contribution in [0, 0.1) is 0 Å². The maximum absolute atomic E-state index is 12.6. The van der Waals surface area contributed by atoms with E-state index >= 15 is 0 Å². The van der Waals surface area contributed by atoms with Gasteiger partial charge in [-0.3, -0.25) is 4.57 Å². The van der Waals surface area contributed by atoms with Crippen LogP contribution in [0.15, 0.2) is 29.2 Å². The van der Waals surface area contributed by atoms with Crippen molar-refractivity contribution in [3.63, 3.8) is 0 Å². The van der Waals surface area contributed by atoms with Gasteiger partial charge < -0.3 is 21.1 Å². The highest BCUT2D eigenvalue weighted by atomic mass is 16.5. The lowest BCUT2D eigenvalue weighted by molar-refractivity contribution is 0.312. The number of ether oxygens (including phenoxy) is 1. The predicted molar refractivity (Wildman–Crippen MR) is 109 cm³/mol. The first-order chi connectivity index (χ1) is 13.7.